The van der Waals surface area contributed by atoms with Crippen molar-refractivity contribution in [2.24, 2.45) is 0 Å². The number of hydrogen-bond acceptors (Lipinski definition) is 8. The van der Waals surface area contributed by atoms with Crippen molar-refractivity contribution in [2.45, 2.75) is 57.4 Å². The molecule has 3 aromatic heterocycles. The third kappa shape index (κ3) is 5.10. The number of piperidine rings is 1. The molecule has 0 spiro atoms. The van der Waals surface area contributed by atoms with E-state index in [0.29, 0.717) is 12.0 Å². The van der Waals surface area contributed by atoms with E-state index in [1.165, 1.54) is 25.7 Å². The lowest BCUT2D eigenvalue weighted by molar-refractivity contribution is -0.129. The van der Waals surface area contributed by atoms with Crippen molar-refractivity contribution in [3.8, 4) is 0 Å². The van der Waals surface area contributed by atoms with Crippen molar-refractivity contribution in [3.63, 3.8) is 0 Å². The minimum Gasteiger partial charge on any atom is -0.381 e. The van der Waals surface area contributed by atoms with Gasteiger partial charge in [0.1, 0.15) is 10.8 Å². The third-order valence-electron chi connectivity index (χ3n) is 6.23. The molecule has 8 nitrogen and oxygen atoms in total. The van der Waals surface area contributed by atoms with Crippen LogP contribution in [0.25, 0.3) is 11.0 Å². The maximum atomic E-state index is 11.5. The number of nitrogens with zero attached hydrogens (tertiary/aromatic N) is 5. The molecular formula is C22H28ClN7OS. The van der Waals surface area contributed by atoms with Gasteiger partial charge in [0, 0.05) is 32.0 Å². The predicted octanol–water partition coefficient (Wildman–Crippen LogP) is 4.73. The Morgan fingerprint density at radius 2 is 1.88 bits per heavy atom. The predicted molar refractivity (Wildman–Crippen MR) is 130 cm³/mol. The Morgan fingerprint density at radius 1 is 1.09 bits per heavy atom. The zero-order valence-electron chi connectivity index (χ0n) is 18.1. The van der Waals surface area contributed by atoms with Gasteiger partial charge in [-0.1, -0.05) is 24.2 Å². The van der Waals surface area contributed by atoms with Crippen LogP contribution in [0.1, 0.15) is 56.4 Å². The van der Waals surface area contributed by atoms with Crippen molar-refractivity contribution >= 4 is 57.3 Å². The number of amides is 1. The first kappa shape index (κ1) is 22.7. The number of likely N-dealkylation sites (tertiary alicyclic amines) is 1. The molecule has 0 aromatic carbocycles. The van der Waals surface area contributed by atoms with E-state index >= 15 is 0 Å². The van der Waals surface area contributed by atoms with E-state index < -0.39 is 0 Å². The second-order valence-electron chi connectivity index (χ2n) is 8.44. The molecule has 1 saturated carbocycles. The topological polar surface area (TPSA) is 95.9 Å². The zero-order chi connectivity index (χ0) is 21.2. The summed E-state index contributed by atoms with van der Waals surface area (Å²) in [6.07, 6.45) is 8.75. The van der Waals surface area contributed by atoms with Gasteiger partial charge in [0.25, 0.3) is 0 Å². The van der Waals surface area contributed by atoms with Gasteiger partial charge in [-0.05, 0) is 43.9 Å². The van der Waals surface area contributed by atoms with Crippen molar-refractivity contribution in [1.82, 2.24) is 25.1 Å². The third-order valence-corrected chi connectivity index (χ3v) is 7.23. The number of hydrogen-bond donors (Lipinski definition) is 2. The van der Waals surface area contributed by atoms with Crippen LogP contribution in [-0.4, -0.2) is 50.1 Å². The lowest BCUT2D eigenvalue weighted by Gasteiger charge is -2.32. The standard InChI is InChI=1S/C22H27N7OS.ClH/c1-14(30)29-10-8-16(9-11-29)24-17-12-19-18(23-13-17)6-7-20(25-19)26-22-28-27-21(31-22)15-4-2-3-5-15;/h6-7,12-13,15-16,24H,2-5,8-11H2,1H3,(H,25,26,28);1H. The summed E-state index contributed by atoms with van der Waals surface area (Å²) in [5.41, 5.74) is 2.64. The fourth-order valence-electron chi connectivity index (χ4n) is 4.46. The van der Waals surface area contributed by atoms with E-state index in [0.717, 1.165) is 58.6 Å². The van der Waals surface area contributed by atoms with E-state index in [4.69, 9.17) is 4.98 Å². The maximum absolute atomic E-state index is 11.5. The van der Waals surface area contributed by atoms with Crippen LogP contribution in [0.3, 0.4) is 0 Å². The van der Waals surface area contributed by atoms with Crippen LogP contribution in [0.15, 0.2) is 24.4 Å². The smallest absolute Gasteiger partial charge is 0.219 e. The molecule has 2 aliphatic rings. The number of rotatable bonds is 5. The van der Waals surface area contributed by atoms with Gasteiger partial charge in [0.15, 0.2) is 0 Å². The molecule has 1 aliphatic carbocycles. The van der Waals surface area contributed by atoms with Crippen LogP contribution in [0.4, 0.5) is 16.6 Å². The molecule has 0 unspecified atom stereocenters. The summed E-state index contributed by atoms with van der Waals surface area (Å²) >= 11 is 1.63. The fourth-order valence-corrected chi connectivity index (χ4v) is 5.38. The number of carbonyl (C=O) groups is 1. The average Bonchev–Trinajstić information content (AvgIpc) is 3.46. The van der Waals surface area contributed by atoms with Crippen molar-refractivity contribution in [3.05, 3.63) is 29.4 Å². The fraction of sp³-hybridized carbons (Fsp3) is 0.500. The number of nitrogens with one attached hydrogen (secondary N) is 2. The van der Waals surface area contributed by atoms with E-state index in [2.05, 4.69) is 25.8 Å². The SMILES string of the molecule is CC(=O)N1CCC(Nc2cnc3ccc(Nc4nnc(C5CCCC5)s4)nc3c2)CC1.Cl. The van der Waals surface area contributed by atoms with Gasteiger partial charge in [0.05, 0.1) is 22.9 Å². The zero-order valence-corrected chi connectivity index (χ0v) is 19.7. The number of fused-ring (bicyclic) bond motifs is 1. The minimum atomic E-state index is 0. The quantitative estimate of drug-likeness (QED) is 0.553. The summed E-state index contributed by atoms with van der Waals surface area (Å²) in [5.74, 6) is 1.47. The highest BCUT2D eigenvalue weighted by atomic mass is 35.5. The average molecular weight is 474 g/mol. The van der Waals surface area contributed by atoms with Gasteiger partial charge in [-0.25, -0.2) is 4.98 Å². The molecule has 10 heteroatoms. The highest BCUT2D eigenvalue weighted by molar-refractivity contribution is 7.15. The Balaban J connectivity index is 0.00000245. The van der Waals surface area contributed by atoms with E-state index in [-0.39, 0.29) is 18.3 Å². The minimum absolute atomic E-state index is 0. The summed E-state index contributed by atoms with van der Waals surface area (Å²) in [6, 6.07) is 6.27. The summed E-state index contributed by atoms with van der Waals surface area (Å²) < 4.78 is 0. The summed E-state index contributed by atoms with van der Waals surface area (Å²) in [7, 11) is 0. The van der Waals surface area contributed by atoms with Gasteiger partial charge in [-0.3, -0.25) is 9.78 Å². The molecule has 1 amide bonds. The molecule has 2 N–H and O–H groups in total. The van der Waals surface area contributed by atoms with Crippen LogP contribution >= 0.6 is 23.7 Å². The first-order valence-electron chi connectivity index (χ1n) is 11.0. The Labute approximate surface area is 197 Å². The molecule has 0 bridgehead atoms. The van der Waals surface area contributed by atoms with Crippen LogP contribution in [0, 0.1) is 0 Å². The van der Waals surface area contributed by atoms with E-state index in [9.17, 15) is 4.79 Å². The molecule has 0 atom stereocenters. The van der Waals surface area contributed by atoms with Gasteiger partial charge >= 0.3 is 0 Å². The highest BCUT2D eigenvalue weighted by Crippen LogP contribution is 2.37. The molecule has 5 rings (SSSR count). The number of halogens is 1. The first-order chi connectivity index (χ1) is 15.1. The largest absolute Gasteiger partial charge is 0.381 e. The molecule has 3 aromatic rings. The summed E-state index contributed by atoms with van der Waals surface area (Å²) in [6.45, 7) is 3.23. The normalized spacial score (nSPS) is 17.3. The highest BCUT2D eigenvalue weighted by Gasteiger charge is 2.22. The van der Waals surface area contributed by atoms with Gasteiger partial charge in [0.2, 0.25) is 11.0 Å². The first-order valence-corrected chi connectivity index (χ1v) is 11.8. The van der Waals surface area contributed by atoms with Crippen molar-refractivity contribution < 1.29 is 4.79 Å². The van der Waals surface area contributed by atoms with E-state index in [1.807, 2.05) is 29.3 Å². The molecule has 2 fully saturated rings. The van der Waals surface area contributed by atoms with Crippen molar-refractivity contribution in [1.29, 1.82) is 0 Å². The van der Waals surface area contributed by atoms with Gasteiger partial charge in [-0.15, -0.1) is 22.6 Å². The van der Waals surface area contributed by atoms with Crippen LogP contribution in [0.2, 0.25) is 0 Å². The van der Waals surface area contributed by atoms with Crippen LogP contribution in [0.5, 0.6) is 0 Å². The molecule has 170 valence electrons. The maximum Gasteiger partial charge on any atom is 0.219 e. The van der Waals surface area contributed by atoms with Gasteiger partial charge in [-0.2, -0.15) is 0 Å². The Morgan fingerprint density at radius 3 is 2.62 bits per heavy atom. The molecule has 1 aliphatic heterocycles. The second kappa shape index (κ2) is 9.95. The summed E-state index contributed by atoms with van der Waals surface area (Å²) in [4.78, 5) is 22.7. The molecule has 4 heterocycles. The Hall–Kier alpha value is -2.52. The Kier molecular flexibility index (Phi) is 7.05. The molecular weight excluding hydrogens is 446 g/mol. The molecule has 32 heavy (non-hydrogen) atoms. The summed E-state index contributed by atoms with van der Waals surface area (Å²) in [5, 5.41) is 17.5. The number of carbonyl (C=O) groups excluding carboxylic acids is 1. The van der Waals surface area contributed by atoms with Crippen molar-refractivity contribution in [2.75, 3.05) is 23.7 Å². The molecule has 0 radical (unpaired) electrons. The number of anilines is 3. The monoisotopic (exact) mass is 473 g/mol. The lowest BCUT2D eigenvalue weighted by atomic mass is 10.0. The van der Waals surface area contributed by atoms with Crippen LogP contribution < -0.4 is 10.6 Å². The molecule has 1 saturated heterocycles. The second-order valence-corrected chi connectivity index (χ2v) is 9.44. The van der Waals surface area contributed by atoms with E-state index in [1.54, 1.807) is 18.3 Å². The number of aromatic nitrogens is 4. The van der Waals surface area contributed by atoms with Crippen LogP contribution in [-0.2, 0) is 4.79 Å². The van der Waals surface area contributed by atoms with Gasteiger partial charge < -0.3 is 15.5 Å². The lowest BCUT2D eigenvalue weighted by Crippen LogP contribution is -2.41. The Bertz CT molecular complexity index is 1080. The number of pyridine rings is 2.